The fourth-order valence-corrected chi connectivity index (χ4v) is 0.146. The van der Waals surface area contributed by atoms with E-state index in [9.17, 15) is 4.79 Å². The normalized spacial score (nSPS) is 11.1. The number of carbonyl (C=O) groups is 1. The van der Waals surface area contributed by atoms with Crippen LogP contribution in [0, 0.1) is 0 Å². The molecule has 0 rings (SSSR count). The van der Waals surface area contributed by atoms with Crippen molar-refractivity contribution in [2.45, 2.75) is 0 Å². The SMILES string of the molecule is NC(=O)C=C(N)O. The summed E-state index contributed by atoms with van der Waals surface area (Å²) in [5.41, 5.74) is 9.15. The van der Waals surface area contributed by atoms with Gasteiger partial charge in [-0.05, 0) is 0 Å². The third-order valence-corrected chi connectivity index (χ3v) is 0.290. The fourth-order valence-electron chi connectivity index (χ4n) is 0.146. The Bertz CT molecular complexity index is 104. The van der Waals surface area contributed by atoms with Crippen LogP contribution in [-0.2, 0) is 4.79 Å². The van der Waals surface area contributed by atoms with Crippen LogP contribution in [0.25, 0.3) is 0 Å². The monoisotopic (exact) mass is 102 g/mol. The lowest BCUT2D eigenvalue weighted by Crippen LogP contribution is -2.09. The molecule has 7 heavy (non-hydrogen) atoms. The van der Waals surface area contributed by atoms with Crippen molar-refractivity contribution < 1.29 is 9.90 Å². The third-order valence-electron chi connectivity index (χ3n) is 0.290. The van der Waals surface area contributed by atoms with Crippen molar-refractivity contribution in [2.24, 2.45) is 11.5 Å². The fraction of sp³-hybridized carbons (Fsp3) is 0. The topological polar surface area (TPSA) is 89.3 Å². The summed E-state index contributed by atoms with van der Waals surface area (Å²) in [5.74, 6) is -1.31. The Morgan fingerprint density at radius 1 is 1.57 bits per heavy atom. The van der Waals surface area contributed by atoms with E-state index in [-0.39, 0.29) is 0 Å². The summed E-state index contributed by atoms with van der Waals surface area (Å²) in [6.07, 6.45) is 0.722. The van der Waals surface area contributed by atoms with Gasteiger partial charge in [-0.15, -0.1) is 0 Å². The zero-order valence-corrected chi connectivity index (χ0v) is 3.59. The van der Waals surface area contributed by atoms with Crippen molar-refractivity contribution in [1.29, 1.82) is 0 Å². The number of aliphatic hydroxyl groups excluding tert-OH is 1. The summed E-state index contributed by atoms with van der Waals surface area (Å²) in [7, 11) is 0. The van der Waals surface area contributed by atoms with Crippen LogP contribution in [0.15, 0.2) is 12.0 Å². The first-order chi connectivity index (χ1) is 3.13. The molecule has 4 heteroatoms. The zero-order chi connectivity index (χ0) is 5.86. The number of amides is 1. The molecule has 0 saturated carbocycles. The van der Waals surface area contributed by atoms with Gasteiger partial charge in [-0.1, -0.05) is 0 Å². The molecule has 4 nitrogen and oxygen atoms in total. The van der Waals surface area contributed by atoms with Crippen LogP contribution in [-0.4, -0.2) is 11.0 Å². The molecule has 0 aliphatic heterocycles. The Morgan fingerprint density at radius 2 is 2.00 bits per heavy atom. The van der Waals surface area contributed by atoms with Gasteiger partial charge in [0.1, 0.15) is 0 Å². The van der Waals surface area contributed by atoms with Gasteiger partial charge in [0.2, 0.25) is 5.91 Å². The van der Waals surface area contributed by atoms with Gasteiger partial charge in [0, 0.05) is 0 Å². The molecule has 0 spiro atoms. The third kappa shape index (κ3) is 4.81. The van der Waals surface area contributed by atoms with Crippen LogP contribution >= 0.6 is 0 Å². The van der Waals surface area contributed by atoms with Gasteiger partial charge in [0.25, 0.3) is 0 Å². The van der Waals surface area contributed by atoms with E-state index >= 15 is 0 Å². The molecular weight excluding hydrogens is 96.0 g/mol. The van der Waals surface area contributed by atoms with E-state index in [0.717, 1.165) is 6.08 Å². The smallest absolute Gasteiger partial charge is 0.246 e. The highest BCUT2D eigenvalue weighted by atomic mass is 16.3. The Kier molecular flexibility index (Phi) is 1.72. The zero-order valence-electron chi connectivity index (χ0n) is 3.59. The second-order valence-electron chi connectivity index (χ2n) is 0.972. The minimum absolute atomic E-state index is 0.562. The Balaban J connectivity index is 3.68. The van der Waals surface area contributed by atoms with Crippen LogP contribution < -0.4 is 11.5 Å². The molecule has 1 amide bonds. The minimum Gasteiger partial charge on any atom is -0.495 e. The second-order valence-corrected chi connectivity index (χ2v) is 0.972. The molecule has 0 atom stereocenters. The van der Waals surface area contributed by atoms with Crippen LogP contribution in [0.2, 0.25) is 0 Å². The van der Waals surface area contributed by atoms with Crippen molar-refractivity contribution in [3.05, 3.63) is 12.0 Å². The first-order valence-corrected chi connectivity index (χ1v) is 1.58. The number of rotatable bonds is 1. The van der Waals surface area contributed by atoms with Crippen LogP contribution in [0.3, 0.4) is 0 Å². The number of aliphatic hydroxyl groups is 1. The molecule has 0 aliphatic carbocycles. The van der Waals surface area contributed by atoms with Gasteiger partial charge < -0.3 is 16.6 Å². The van der Waals surface area contributed by atoms with E-state index in [1.54, 1.807) is 0 Å². The Labute approximate surface area is 40.4 Å². The van der Waals surface area contributed by atoms with E-state index in [1.807, 2.05) is 0 Å². The Hall–Kier alpha value is -1.19. The molecule has 0 radical (unpaired) electrons. The van der Waals surface area contributed by atoms with E-state index in [1.165, 1.54) is 0 Å². The van der Waals surface area contributed by atoms with Crippen molar-refractivity contribution in [1.82, 2.24) is 0 Å². The van der Waals surface area contributed by atoms with Crippen LogP contribution in [0.5, 0.6) is 0 Å². The summed E-state index contributed by atoms with van der Waals surface area (Å²) in [6, 6.07) is 0. The molecule has 0 aliphatic rings. The molecular formula is C3H6N2O2. The molecule has 0 aromatic heterocycles. The molecule has 40 valence electrons. The first kappa shape index (κ1) is 5.81. The molecule has 0 aromatic rings. The van der Waals surface area contributed by atoms with Crippen LogP contribution in [0.1, 0.15) is 0 Å². The predicted molar refractivity (Wildman–Crippen MR) is 24.1 cm³/mol. The number of carbonyl (C=O) groups excluding carboxylic acids is 1. The van der Waals surface area contributed by atoms with E-state index < -0.39 is 11.8 Å². The van der Waals surface area contributed by atoms with E-state index in [4.69, 9.17) is 5.11 Å². The Morgan fingerprint density at radius 3 is 2.00 bits per heavy atom. The maximum Gasteiger partial charge on any atom is 0.246 e. The van der Waals surface area contributed by atoms with Gasteiger partial charge in [0.05, 0.1) is 6.08 Å². The van der Waals surface area contributed by atoms with Gasteiger partial charge in [-0.25, -0.2) is 0 Å². The summed E-state index contributed by atoms with van der Waals surface area (Å²) in [5, 5.41) is 8.06. The highest BCUT2D eigenvalue weighted by Gasteiger charge is 1.84. The maximum absolute atomic E-state index is 9.72. The molecule has 0 aromatic carbocycles. The predicted octanol–water partition coefficient (Wildman–Crippen LogP) is -1.17. The summed E-state index contributed by atoms with van der Waals surface area (Å²) in [4.78, 5) is 9.72. The van der Waals surface area contributed by atoms with Crippen molar-refractivity contribution >= 4 is 5.91 Å². The lowest BCUT2D eigenvalue weighted by Gasteiger charge is -1.81. The second kappa shape index (κ2) is 2.07. The van der Waals surface area contributed by atoms with Crippen molar-refractivity contribution in [2.75, 3.05) is 0 Å². The van der Waals surface area contributed by atoms with Gasteiger partial charge >= 0.3 is 0 Å². The number of hydrogen-bond acceptors (Lipinski definition) is 3. The van der Waals surface area contributed by atoms with Crippen molar-refractivity contribution in [3.8, 4) is 0 Å². The summed E-state index contributed by atoms with van der Waals surface area (Å²) in [6.45, 7) is 0. The summed E-state index contributed by atoms with van der Waals surface area (Å²) >= 11 is 0. The number of primary amides is 1. The van der Waals surface area contributed by atoms with Crippen molar-refractivity contribution in [3.63, 3.8) is 0 Å². The average molecular weight is 102 g/mol. The molecule has 0 fully saturated rings. The number of hydrogen-bond donors (Lipinski definition) is 3. The molecule has 0 heterocycles. The van der Waals surface area contributed by atoms with Gasteiger partial charge in [0.15, 0.2) is 5.88 Å². The standard InChI is InChI=1S/C3H6N2O2/c4-2(6)1-3(5)7/h1,6H,4H2,(H2,5,7). The lowest BCUT2D eigenvalue weighted by molar-refractivity contribution is -0.113. The molecule has 0 bridgehead atoms. The average Bonchev–Trinajstić information content (AvgIpc) is 1.27. The van der Waals surface area contributed by atoms with Gasteiger partial charge in [-0.3, -0.25) is 4.79 Å². The molecule has 0 saturated heterocycles. The molecule has 0 unspecified atom stereocenters. The van der Waals surface area contributed by atoms with E-state index in [2.05, 4.69) is 11.5 Å². The maximum atomic E-state index is 9.72. The quantitative estimate of drug-likeness (QED) is 0.288. The largest absolute Gasteiger partial charge is 0.495 e. The lowest BCUT2D eigenvalue weighted by atomic mass is 10.6. The summed E-state index contributed by atoms with van der Waals surface area (Å²) < 4.78 is 0. The first-order valence-electron chi connectivity index (χ1n) is 1.58. The highest BCUT2D eigenvalue weighted by molar-refractivity contribution is 5.85. The number of nitrogens with two attached hydrogens (primary N) is 2. The van der Waals surface area contributed by atoms with Crippen LogP contribution in [0.4, 0.5) is 0 Å². The van der Waals surface area contributed by atoms with Gasteiger partial charge in [-0.2, -0.15) is 0 Å². The van der Waals surface area contributed by atoms with E-state index in [0.29, 0.717) is 0 Å². The molecule has 5 N–H and O–H groups in total. The minimum atomic E-state index is -0.750. The highest BCUT2D eigenvalue weighted by Crippen LogP contribution is 1.69.